The maximum absolute atomic E-state index is 9.28. The summed E-state index contributed by atoms with van der Waals surface area (Å²) in [7, 11) is 0. The van der Waals surface area contributed by atoms with Gasteiger partial charge in [-0.15, -0.1) is 0 Å². The highest BCUT2D eigenvalue weighted by molar-refractivity contribution is 5.28. The summed E-state index contributed by atoms with van der Waals surface area (Å²) >= 11 is 0. The number of hydrogen-bond acceptors (Lipinski definition) is 3. The van der Waals surface area contributed by atoms with Gasteiger partial charge >= 0.3 is 0 Å². The van der Waals surface area contributed by atoms with Gasteiger partial charge in [0.15, 0.2) is 0 Å². The molecule has 102 valence electrons. The van der Waals surface area contributed by atoms with Crippen molar-refractivity contribution >= 4 is 0 Å². The summed E-state index contributed by atoms with van der Waals surface area (Å²) in [5.41, 5.74) is 1.78. The van der Waals surface area contributed by atoms with E-state index in [9.17, 15) is 5.11 Å². The molecule has 3 nitrogen and oxygen atoms in total. The highest BCUT2D eigenvalue weighted by atomic mass is 16.5. The van der Waals surface area contributed by atoms with Gasteiger partial charge in [0.25, 0.3) is 0 Å². The lowest BCUT2D eigenvalue weighted by molar-refractivity contribution is 0.274. The van der Waals surface area contributed by atoms with Crippen LogP contribution in [-0.2, 0) is 12.0 Å². The first-order valence-corrected chi connectivity index (χ1v) is 6.72. The topological polar surface area (TPSA) is 42.4 Å². The second kappa shape index (κ2) is 6.74. The first-order chi connectivity index (χ1) is 8.47. The van der Waals surface area contributed by atoms with Gasteiger partial charge in [-0.3, -0.25) is 0 Å². The maximum Gasteiger partial charge on any atom is 0.213 e. The van der Waals surface area contributed by atoms with E-state index in [2.05, 4.69) is 32.7 Å². The molecular formula is C15H25NO2. The van der Waals surface area contributed by atoms with Gasteiger partial charge in [0.2, 0.25) is 5.88 Å². The standard InChI is InChI=1S/C15H25NO2/c1-5-6-7-8-18-14-10-12(11-17)9-13(16-14)15(2,3)4/h9-10,17H,5-8,11H2,1-4H3. The molecule has 0 unspecified atom stereocenters. The third-order valence-electron chi connectivity index (χ3n) is 2.81. The quantitative estimate of drug-likeness (QED) is 0.787. The predicted octanol–water partition coefficient (Wildman–Crippen LogP) is 3.44. The summed E-state index contributed by atoms with van der Waals surface area (Å²) < 4.78 is 5.66. The SMILES string of the molecule is CCCCCOc1cc(CO)cc(C(C)(C)C)n1. The number of rotatable bonds is 6. The minimum atomic E-state index is -0.0350. The lowest BCUT2D eigenvalue weighted by Gasteiger charge is -2.19. The Hall–Kier alpha value is -1.09. The minimum absolute atomic E-state index is 0.0247. The second-order valence-electron chi connectivity index (χ2n) is 5.66. The van der Waals surface area contributed by atoms with Crippen LogP contribution in [-0.4, -0.2) is 16.7 Å². The van der Waals surface area contributed by atoms with Crippen LogP contribution in [0.3, 0.4) is 0 Å². The zero-order valence-electron chi connectivity index (χ0n) is 12.0. The first-order valence-electron chi connectivity index (χ1n) is 6.72. The van der Waals surface area contributed by atoms with Crippen LogP contribution < -0.4 is 4.74 Å². The van der Waals surface area contributed by atoms with Crippen molar-refractivity contribution in [3.63, 3.8) is 0 Å². The highest BCUT2D eigenvalue weighted by Gasteiger charge is 2.17. The van der Waals surface area contributed by atoms with Gasteiger partial charge in [-0.1, -0.05) is 40.5 Å². The van der Waals surface area contributed by atoms with E-state index in [0.29, 0.717) is 12.5 Å². The van der Waals surface area contributed by atoms with Crippen LogP contribution in [0.1, 0.15) is 58.2 Å². The molecule has 1 aromatic heterocycles. The molecule has 0 saturated carbocycles. The van der Waals surface area contributed by atoms with Gasteiger partial charge in [-0.25, -0.2) is 4.98 Å². The molecule has 0 aliphatic carbocycles. The third-order valence-corrected chi connectivity index (χ3v) is 2.81. The van der Waals surface area contributed by atoms with Crippen molar-refractivity contribution < 1.29 is 9.84 Å². The second-order valence-corrected chi connectivity index (χ2v) is 5.66. The van der Waals surface area contributed by atoms with Crippen molar-refractivity contribution in [1.29, 1.82) is 0 Å². The monoisotopic (exact) mass is 251 g/mol. The third kappa shape index (κ3) is 4.65. The van der Waals surface area contributed by atoms with E-state index in [1.807, 2.05) is 12.1 Å². The Morgan fingerprint density at radius 2 is 1.94 bits per heavy atom. The van der Waals surface area contributed by atoms with E-state index in [0.717, 1.165) is 17.7 Å². The van der Waals surface area contributed by atoms with Gasteiger partial charge in [0, 0.05) is 11.5 Å². The van der Waals surface area contributed by atoms with Crippen molar-refractivity contribution in [2.24, 2.45) is 0 Å². The number of aromatic nitrogens is 1. The molecule has 1 aromatic rings. The minimum Gasteiger partial charge on any atom is -0.478 e. The van der Waals surface area contributed by atoms with Crippen LogP contribution in [0, 0.1) is 0 Å². The van der Waals surface area contributed by atoms with E-state index >= 15 is 0 Å². The number of hydrogen-bond donors (Lipinski definition) is 1. The highest BCUT2D eigenvalue weighted by Crippen LogP contribution is 2.24. The van der Waals surface area contributed by atoms with Crippen LogP contribution in [0.5, 0.6) is 5.88 Å². The van der Waals surface area contributed by atoms with Gasteiger partial charge < -0.3 is 9.84 Å². The average molecular weight is 251 g/mol. The van der Waals surface area contributed by atoms with Crippen molar-refractivity contribution in [3.8, 4) is 5.88 Å². The molecule has 0 spiro atoms. The van der Waals surface area contributed by atoms with E-state index in [1.165, 1.54) is 12.8 Å². The fourth-order valence-corrected chi connectivity index (χ4v) is 1.64. The van der Waals surface area contributed by atoms with Crippen molar-refractivity contribution in [3.05, 3.63) is 23.4 Å². The molecule has 0 saturated heterocycles. The Morgan fingerprint density at radius 1 is 1.22 bits per heavy atom. The number of unbranched alkanes of at least 4 members (excludes halogenated alkanes) is 2. The lowest BCUT2D eigenvalue weighted by atomic mass is 9.91. The lowest BCUT2D eigenvalue weighted by Crippen LogP contribution is -2.15. The summed E-state index contributed by atoms with van der Waals surface area (Å²) in [4.78, 5) is 4.52. The fraction of sp³-hybridized carbons (Fsp3) is 0.667. The molecule has 0 radical (unpaired) electrons. The van der Waals surface area contributed by atoms with E-state index in [1.54, 1.807) is 0 Å². The summed E-state index contributed by atoms with van der Waals surface area (Å²) in [6.07, 6.45) is 3.40. The molecule has 0 aromatic carbocycles. The van der Waals surface area contributed by atoms with Crippen molar-refractivity contribution in [2.45, 2.75) is 59.0 Å². The molecule has 0 fully saturated rings. The summed E-state index contributed by atoms with van der Waals surface area (Å²) in [6, 6.07) is 3.76. The molecule has 3 heteroatoms. The molecular weight excluding hydrogens is 226 g/mol. The van der Waals surface area contributed by atoms with Gasteiger partial charge in [0.1, 0.15) is 0 Å². The van der Waals surface area contributed by atoms with Crippen LogP contribution in [0.25, 0.3) is 0 Å². The molecule has 0 bridgehead atoms. The molecule has 0 amide bonds. The van der Waals surface area contributed by atoms with Gasteiger partial charge in [0.05, 0.1) is 18.9 Å². The first kappa shape index (κ1) is 15.0. The predicted molar refractivity (Wildman–Crippen MR) is 73.9 cm³/mol. The molecule has 1 N–H and O–H groups in total. The number of aliphatic hydroxyl groups excluding tert-OH is 1. The normalized spacial score (nSPS) is 11.6. The molecule has 0 atom stereocenters. The van der Waals surface area contributed by atoms with Crippen LogP contribution in [0.2, 0.25) is 0 Å². The number of nitrogens with zero attached hydrogens (tertiary/aromatic N) is 1. The van der Waals surface area contributed by atoms with Gasteiger partial charge in [-0.2, -0.15) is 0 Å². The molecule has 18 heavy (non-hydrogen) atoms. The largest absolute Gasteiger partial charge is 0.478 e. The zero-order valence-corrected chi connectivity index (χ0v) is 12.0. The van der Waals surface area contributed by atoms with Gasteiger partial charge in [-0.05, 0) is 18.1 Å². The van der Waals surface area contributed by atoms with E-state index in [4.69, 9.17) is 4.74 Å². The Balaban J connectivity index is 2.78. The molecule has 0 aliphatic heterocycles. The molecule has 1 heterocycles. The summed E-state index contributed by atoms with van der Waals surface area (Å²) in [6.45, 7) is 9.21. The fourth-order valence-electron chi connectivity index (χ4n) is 1.64. The summed E-state index contributed by atoms with van der Waals surface area (Å²) in [5.74, 6) is 0.627. The molecule has 1 rings (SSSR count). The van der Waals surface area contributed by atoms with E-state index in [-0.39, 0.29) is 12.0 Å². The number of ether oxygens (including phenoxy) is 1. The summed E-state index contributed by atoms with van der Waals surface area (Å²) in [5, 5.41) is 9.28. The zero-order chi connectivity index (χ0) is 13.6. The van der Waals surface area contributed by atoms with Crippen LogP contribution in [0.4, 0.5) is 0 Å². The molecule has 0 aliphatic rings. The van der Waals surface area contributed by atoms with E-state index < -0.39 is 0 Å². The Morgan fingerprint density at radius 3 is 2.50 bits per heavy atom. The Bertz CT molecular complexity index is 369. The average Bonchev–Trinajstić information content (AvgIpc) is 2.33. The number of aliphatic hydroxyl groups is 1. The Labute approximate surface area is 110 Å². The van der Waals surface area contributed by atoms with Crippen molar-refractivity contribution in [2.75, 3.05) is 6.61 Å². The number of pyridine rings is 1. The van der Waals surface area contributed by atoms with Crippen LogP contribution in [0.15, 0.2) is 12.1 Å². The maximum atomic E-state index is 9.28. The Kier molecular flexibility index (Phi) is 5.60. The van der Waals surface area contributed by atoms with Crippen molar-refractivity contribution in [1.82, 2.24) is 4.98 Å². The van der Waals surface area contributed by atoms with Crippen LogP contribution >= 0.6 is 0 Å². The smallest absolute Gasteiger partial charge is 0.213 e.